The normalized spacial score (nSPS) is 41.1. The second-order valence-electron chi connectivity index (χ2n) is 7.36. The second-order valence-corrected chi connectivity index (χ2v) is 7.36. The molecule has 0 aromatic heterocycles. The summed E-state index contributed by atoms with van der Waals surface area (Å²) in [5.41, 5.74) is 0.251. The van der Waals surface area contributed by atoms with Crippen molar-refractivity contribution < 1.29 is 14.3 Å². The molecule has 4 saturated carbocycles. The maximum Gasteiger partial charge on any atom is 0.316 e. The van der Waals surface area contributed by atoms with Gasteiger partial charge >= 0.3 is 5.97 Å². The molecule has 0 N–H and O–H groups in total. The molecular formula is C16H24O3. The monoisotopic (exact) mass is 264 g/mol. The van der Waals surface area contributed by atoms with Gasteiger partial charge in [-0.3, -0.25) is 9.59 Å². The highest BCUT2D eigenvalue weighted by Crippen LogP contribution is 2.60. The summed E-state index contributed by atoms with van der Waals surface area (Å²) >= 11 is 0. The van der Waals surface area contributed by atoms with Gasteiger partial charge in [-0.15, -0.1) is 0 Å². The summed E-state index contributed by atoms with van der Waals surface area (Å²) in [6, 6.07) is 0. The number of hydrogen-bond acceptors (Lipinski definition) is 3. The molecule has 0 aromatic carbocycles. The van der Waals surface area contributed by atoms with Crippen molar-refractivity contribution >= 4 is 11.8 Å². The first kappa shape index (κ1) is 13.1. The predicted molar refractivity (Wildman–Crippen MR) is 71.4 cm³/mol. The molecule has 4 aliphatic rings. The molecule has 0 radical (unpaired) electrons. The fourth-order valence-corrected chi connectivity index (χ4v) is 4.98. The molecule has 3 nitrogen and oxygen atoms in total. The smallest absolute Gasteiger partial charge is 0.316 e. The van der Waals surface area contributed by atoms with Gasteiger partial charge in [0.05, 0.1) is 6.61 Å². The first-order chi connectivity index (χ1) is 8.97. The van der Waals surface area contributed by atoms with Crippen molar-refractivity contribution in [3.63, 3.8) is 0 Å². The van der Waals surface area contributed by atoms with Crippen LogP contribution in [0.15, 0.2) is 0 Å². The molecule has 3 heteroatoms. The topological polar surface area (TPSA) is 43.4 Å². The third-order valence-corrected chi connectivity index (χ3v) is 5.65. The number of carbonyl (C=O) groups is 2. The van der Waals surface area contributed by atoms with Crippen LogP contribution in [0.1, 0.15) is 52.4 Å². The number of Topliss-reactive ketones (excluding diaryl/α,β-unsaturated/α-hetero) is 1. The van der Waals surface area contributed by atoms with Crippen LogP contribution in [0.2, 0.25) is 0 Å². The minimum Gasteiger partial charge on any atom is -0.465 e. The molecule has 0 aromatic rings. The van der Waals surface area contributed by atoms with Gasteiger partial charge in [0.1, 0.15) is 11.7 Å². The van der Waals surface area contributed by atoms with Gasteiger partial charge in [-0.1, -0.05) is 0 Å². The number of carbonyl (C=O) groups excluding carboxylic acids is 2. The lowest BCUT2D eigenvalue weighted by molar-refractivity contribution is -0.161. The molecule has 0 saturated heterocycles. The zero-order valence-electron chi connectivity index (χ0n) is 12.0. The summed E-state index contributed by atoms with van der Waals surface area (Å²) in [6.45, 7) is 3.65. The van der Waals surface area contributed by atoms with Gasteiger partial charge in [0, 0.05) is 5.41 Å². The van der Waals surface area contributed by atoms with E-state index in [9.17, 15) is 9.59 Å². The Labute approximate surface area is 115 Å². The molecule has 0 aliphatic heterocycles. The lowest BCUT2D eigenvalue weighted by atomic mass is 9.50. The number of esters is 1. The van der Waals surface area contributed by atoms with E-state index in [1.54, 1.807) is 6.92 Å². The number of ether oxygens (including phenoxy) is 1. The molecule has 1 atom stereocenters. The van der Waals surface area contributed by atoms with Crippen molar-refractivity contribution in [1.82, 2.24) is 0 Å². The highest BCUT2D eigenvalue weighted by Gasteiger charge is 2.51. The van der Waals surface area contributed by atoms with Gasteiger partial charge in [0.15, 0.2) is 0 Å². The van der Waals surface area contributed by atoms with Crippen molar-refractivity contribution in [2.24, 2.45) is 29.1 Å². The quantitative estimate of drug-likeness (QED) is 0.579. The third-order valence-electron chi connectivity index (χ3n) is 5.65. The van der Waals surface area contributed by atoms with Crippen molar-refractivity contribution in [2.45, 2.75) is 52.4 Å². The molecular weight excluding hydrogens is 240 g/mol. The Kier molecular flexibility index (Phi) is 3.18. The van der Waals surface area contributed by atoms with Gasteiger partial charge in [-0.25, -0.2) is 0 Å². The van der Waals surface area contributed by atoms with Crippen LogP contribution in [0.4, 0.5) is 0 Å². The molecule has 0 spiro atoms. The summed E-state index contributed by atoms with van der Waals surface area (Å²) in [6.07, 6.45) is 7.91. The van der Waals surface area contributed by atoms with Crippen molar-refractivity contribution in [2.75, 3.05) is 6.61 Å². The van der Waals surface area contributed by atoms with Gasteiger partial charge in [0.25, 0.3) is 0 Å². The van der Waals surface area contributed by atoms with Crippen LogP contribution in [-0.4, -0.2) is 18.4 Å². The number of hydrogen-bond donors (Lipinski definition) is 0. The first-order valence-corrected chi connectivity index (χ1v) is 7.64. The maximum atomic E-state index is 11.8. The molecule has 4 fully saturated rings. The van der Waals surface area contributed by atoms with Crippen LogP contribution < -0.4 is 0 Å². The first-order valence-electron chi connectivity index (χ1n) is 7.64. The Morgan fingerprint density at radius 3 is 2.00 bits per heavy atom. The summed E-state index contributed by atoms with van der Waals surface area (Å²) < 4.78 is 5.49. The van der Waals surface area contributed by atoms with Gasteiger partial charge in [0.2, 0.25) is 0 Å². The number of rotatable bonds is 4. The van der Waals surface area contributed by atoms with Crippen LogP contribution in [-0.2, 0) is 14.3 Å². The van der Waals surface area contributed by atoms with E-state index in [1.165, 1.54) is 45.4 Å². The van der Waals surface area contributed by atoms with E-state index >= 15 is 0 Å². The molecule has 4 bridgehead atoms. The van der Waals surface area contributed by atoms with Crippen LogP contribution >= 0.6 is 0 Å². The second kappa shape index (κ2) is 4.60. The van der Waals surface area contributed by atoms with Crippen molar-refractivity contribution in [3.8, 4) is 0 Å². The van der Waals surface area contributed by atoms with E-state index in [-0.39, 0.29) is 17.2 Å². The van der Waals surface area contributed by atoms with Gasteiger partial charge in [-0.2, -0.15) is 0 Å². The predicted octanol–water partition coefficient (Wildman–Crippen LogP) is 2.97. The molecule has 4 aliphatic carbocycles. The van der Waals surface area contributed by atoms with Crippen LogP contribution in [0.5, 0.6) is 0 Å². The van der Waals surface area contributed by atoms with E-state index < -0.39 is 5.92 Å². The Hall–Kier alpha value is -0.860. The molecule has 19 heavy (non-hydrogen) atoms. The van der Waals surface area contributed by atoms with Crippen molar-refractivity contribution in [3.05, 3.63) is 0 Å². The molecule has 0 heterocycles. The summed E-state index contributed by atoms with van der Waals surface area (Å²) in [5, 5.41) is 0. The Balaban J connectivity index is 1.61. The molecule has 106 valence electrons. The maximum absolute atomic E-state index is 11.8. The highest BCUT2D eigenvalue weighted by atomic mass is 16.5. The molecule has 1 unspecified atom stereocenters. The minimum absolute atomic E-state index is 0.101. The summed E-state index contributed by atoms with van der Waals surface area (Å²) in [5.74, 6) is 1.58. The fraction of sp³-hybridized carbons (Fsp3) is 0.875. The van der Waals surface area contributed by atoms with E-state index in [2.05, 4.69) is 0 Å². The SMILES string of the molecule is CC(=O)C(C)C(=O)OCC12CC3CC(CC(C3)C1)C2. The lowest BCUT2D eigenvalue weighted by Crippen LogP contribution is -2.48. The fourth-order valence-electron chi connectivity index (χ4n) is 4.98. The minimum atomic E-state index is -0.603. The van der Waals surface area contributed by atoms with E-state index in [1.807, 2.05) is 0 Å². The van der Waals surface area contributed by atoms with Crippen LogP contribution in [0.25, 0.3) is 0 Å². The zero-order valence-corrected chi connectivity index (χ0v) is 12.0. The Bertz CT molecular complexity index is 364. The van der Waals surface area contributed by atoms with Crippen LogP contribution in [0.3, 0.4) is 0 Å². The van der Waals surface area contributed by atoms with Crippen molar-refractivity contribution in [1.29, 1.82) is 0 Å². The molecule has 0 amide bonds. The van der Waals surface area contributed by atoms with E-state index in [4.69, 9.17) is 4.74 Å². The third kappa shape index (κ3) is 2.44. The Morgan fingerprint density at radius 1 is 1.11 bits per heavy atom. The zero-order chi connectivity index (χ0) is 13.6. The summed E-state index contributed by atoms with van der Waals surface area (Å²) in [4.78, 5) is 23.0. The largest absolute Gasteiger partial charge is 0.465 e. The van der Waals surface area contributed by atoms with Gasteiger partial charge < -0.3 is 4.74 Å². The van der Waals surface area contributed by atoms with E-state index in [0.29, 0.717) is 6.61 Å². The standard InChI is InChI=1S/C16H24O3/c1-10(11(2)17)15(18)19-9-16-6-12-3-13(7-16)5-14(4-12)8-16/h10,12-14H,3-9H2,1-2H3. The number of ketones is 1. The average Bonchev–Trinajstić information content (AvgIpc) is 2.33. The van der Waals surface area contributed by atoms with Gasteiger partial charge in [-0.05, 0) is 70.1 Å². The average molecular weight is 264 g/mol. The van der Waals surface area contributed by atoms with E-state index in [0.717, 1.165) is 17.8 Å². The molecule has 4 rings (SSSR count). The summed E-state index contributed by atoms with van der Waals surface area (Å²) in [7, 11) is 0. The van der Waals surface area contributed by atoms with Crippen LogP contribution in [0, 0.1) is 29.1 Å². The Morgan fingerprint density at radius 2 is 1.58 bits per heavy atom. The lowest BCUT2D eigenvalue weighted by Gasteiger charge is -2.56. The highest BCUT2D eigenvalue weighted by molar-refractivity contribution is 5.97.